The van der Waals surface area contributed by atoms with E-state index in [0.717, 1.165) is 44.4 Å². The topological polar surface area (TPSA) is 42.2 Å². The number of benzene rings is 1. The zero-order valence-corrected chi connectivity index (χ0v) is 13.6. The average molecular weight is 297 g/mol. The molecule has 0 saturated carbocycles. The number of rotatable bonds is 5. The molecule has 118 valence electrons. The summed E-state index contributed by atoms with van der Waals surface area (Å²) in [5.41, 5.74) is 9.60. The molecule has 0 spiro atoms. The van der Waals surface area contributed by atoms with Gasteiger partial charge in [0.25, 0.3) is 0 Å². The van der Waals surface area contributed by atoms with E-state index in [9.17, 15) is 0 Å². The highest BCUT2D eigenvalue weighted by Crippen LogP contribution is 2.27. The molecule has 0 bridgehead atoms. The molecule has 0 aliphatic carbocycles. The second-order valence-electron chi connectivity index (χ2n) is 6.29. The van der Waals surface area contributed by atoms with E-state index < -0.39 is 0 Å². The van der Waals surface area contributed by atoms with Gasteiger partial charge in [-0.05, 0) is 74.4 Å². The van der Waals surface area contributed by atoms with Crippen molar-refractivity contribution in [2.24, 2.45) is 5.73 Å². The summed E-state index contributed by atoms with van der Waals surface area (Å²) in [6.45, 7) is 5.22. The van der Waals surface area contributed by atoms with E-state index in [1.165, 1.54) is 41.6 Å². The van der Waals surface area contributed by atoms with Crippen molar-refractivity contribution < 1.29 is 0 Å². The van der Waals surface area contributed by atoms with Gasteiger partial charge in [0.05, 0.1) is 5.52 Å². The van der Waals surface area contributed by atoms with Crippen LogP contribution in [0, 0.1) is 0 Å². The molecule has 0 radical (unpaired) electrons. The van der Waals surface area contributed by atoms with Crippen LogP contribution in [0.5, 0.6) is 0 Å². The molecule has 22 heavy (non-hydrogen) atoms. The molecule has 1 aromatic heterocycles. The molecule has 1 aliphatic rings. The smallest absolute Gasteiger partial charge is 0.132 e. The Morgan fingerprint density at radius 1 is 1.14 bits per heavy atom. The van der Waals surface area contributed by atoms with Crippen LogP contribution in [0.15, 0.2) is 24.3 Å². The van der Waals surface area contributed by atoms with Gasteiger partial charge >= 0.3 is 0 Å². The van der Waals surface area contributed by atoms with E-state index in [-0.39, 0.29) is 0 Å². The number of aromatic nitrogens is 1. The van der Waals surface area contributed by atoms with Gasteiger partial charge in [0, 0.05) is 18.5 Å². The van der Waals surface area contributed by atoms with Crippen LogP contribution in [-0.4, -0.2) is 24.6 Å². The molecule has 3 rings (SSSR count). The summed E-state index contributed by atoms with van der Waals surface area (Å²) >= 11 is 0. The maximum atomic E-state index is 5.73. The molecule has 2 N–H and O–H groups in total. The summed E-state index contributed by atoms with van der Waals surface area (Å²) in [5, 5.41) is 1.27. The summed E-state index contributed by atoms with van der Waals surface area (Å²) in [7, 11) is 0. The number of anilines is 1. The third kappa shape index (κ3) is 3.25. The third-order valence-electron chi connectivity index (χ3n) is 4.65. The standard InChI is InChI=1S/C19H27N3/c1-2-15-8-9-18-17(13-15)14-16(7-6-10-20)19(21-18)22-11-4-3-5-12-22/h8-9,13-14H,2-7,10-12,20H2,1H3. The monoisotopic (exact) mass is 297 g/mol. The van der Waals surface area contributed by atoms with Crippen molar-refractivity contribution >= 4 is 16.7 Å². The van der Waals surface area contributed by atoms with Crippen molar-refractivity contribution in [3.63, 3.8) is 0 Å². The first-order valence-electron chi connectivity index (χ1n) is 8.69. The number of aryl methyl sites for hydroxylation is 2. The van der Waals surface area contributed by atoms with Gasteiger partial charge in [-0.25, -0.2) is 4.98 Å². The van der Waals surface area contributed by atoms with Crippen LogP contribution in [0.3, 0.4) is 0 Å². The fourth-order valence-electron chi connectivity index (χ4n) is 3.34. The Labute approximate surface area is 133 Å². The number of nitrogens with two attached hydrogens (primary N) is 1. The lowest BCUT2D eigenvalue weighted by Crippen LogP contribution is -2.31. The lowest BCUT2D eigenvalue weighted by molar-refractivity contribution is 0.572. The first kappa shape index (κ1) is 15.3. The first-order valence-corrected chi connectivity index (χ1v) is 8.69. The van der Waals surface area contributed by atoms with Gasteiger partial charge in [0.1, 0.15) is 5.82 Å². The maximum absolute atomic E-state index is 5.73. The molecule has 3 heteroatoms. The zero-order valence-electron chi connectivity index (χ0n) is 13.6. The molecule has 0 unspecified atom stereocenters. The largest absolute Gasteiger partial charge is 0.356 e. The van der Waals surface area contributed by atoms with Gasteiger partial charge in [0.2, 0.25) is 0 Å². The Morgan fingerprint density at radius 2 is 1.95 bits per heavy atom. The summed E-state index contributed by atoms with van der Waals surface area (Å²) in [4.78, 5) is 7.49. The number of hydrogen-bond acceptors (Lipinski definition) is 3. The van der Waals surface area contributed by atoms with Gasteiger partial charge in [0.15, 0.2) is 0 Å². The van der Waals surface area contributed by atoms with E-state index >= 15 is 0 Å². The fourth-order valence-corrected chi connectivity index (χ4v) is 3.34. The number of nitrogens with zero attached hydrogens (tertiary/aromatic N) is 2. The van der Waals surface area contributed by atoms with E-state index in [2.05, 4.69) is 36.1 Å². The van der Waals surface area contributed by atoms with Crippen LogP contribution in [0.1, 0.15) is 43.7 Å². The molecule has 2 heterocycles. The summed E-state index contributed by atoms with van der Waals surface area (Å²) in [6.07, 6.45) is 7.04. The average Bonchev–Trinajstić information content (AvgIpc) is 2.59. The van der Waals surface area contributed by atoms with Crippen molar-refractivity contribution in [1.29, 1.82) is 0 Å². The summed E-state index contributed by atoms with van der Waals surface area (Å²) < 4.78 is 0. The fraction of sp³-hybridized carbons (Fsp3) is 0.526. The van der Waals surface area contributed by atoms with Crippen LogP contribution >= 0.6 is 0 Å². The Morgan fingerprint density at radius 3 is 2.68 bits per heavy atom. The van der Waals surface area contributed by atoms with Crippen LogP contribution < -0.4 is 10.6 Å². The van der Waals surface area contributed by atoms with Crippen LogP contribution in [0.4, 0.5) is 5.82 Å². The van der Waals surface area contributed by atoms with E-state index in [1.54, 1.807) is 0 Å². The molecule has 3 nitrogen and oxygen atoms in total. The van der Waals surface area contributed by atoms with Gasteiger partial charge < -0.3 is 10.6 Å². The van der Waals surface area contributed by atoms with Crippen molar-refractivity contribution in [2.75, 3.05) is 24.5 Å². The highest BCUT2D eigenvalue weighted by Gasteiger charge is 2.16. The van der Waals surface area contributed by atoms with Crippen molar-refractivity contribution in [3.05, 3.63) is 35.4 Å². The Kier molecular flexibility index (Phi) is 4.94. The second kappa shape index (κ2) is 7.10. The number of fused-ring (bicyclic) bond motifs is 1. The van der Waals surface area contributed by atoms with Crippen molar-refractivity contribution in [3.8, 4) is 0 Å². The molecular formula is C19H27N3. The molecule has 2 aromatic rings. The van der Waals surface area contributed by atoms with E-state index in [0.29, 0.717) is 0 Å². The Balaban J connectivity index is 2.02. The second-order valence-corrected chi connectivity index (χ2v) is 6.29. The van der Waals surface area contributed by atoms with Crippen LogP contribution in [-0.2, 0) is 12.8 Å². The van der Waals surface area contributed by atoms with Crippen LogP contribution in [0.2, 0.25) is 0 Å². The molecular weight excluding hydrogens is 270 g/mol. The highest BCUT2D eigenvalue weighted by molar-refractivity contribution is 5.82. The number of piperidine rings is 1. The van der Waals surface area contributed by atoms with Crippen LogP contribution in [0.25, 0.3) is 10.9 Å². The minimum absolute atomic E-state index is 0.743. The zero-order chi connectivity index (χ0) is 15.4. The first-order chi connectivity index (χ1) is 10.8. The van der Waals surface area contributed by atoms with Crippen molar-refractivity contribution in [2.45, 2.75) is 45.4 Å². The lowest BCUT2D eigenvalue weighted by atomic mass is 10.0. The molecule has 1 aromatic carbocycles. The van der Waals surface area contributed by atoms with Gasteiger partial charge in [-0.15, -0.1) is 0 Å². The SMILES string of the molecule is CCc1ccc2nc(N3CCCCC3)c(CCCN)cc2c1. The van der Waals surface area contributed by atoms with Crippen molar-refractivity contribution in [1.82, 2.24) is 4.98 Å². The maximum Gasteiger partial charge on any atom is 0.132 e. The quantitative estimate of drug-likeness (QED) is 0.915. The Hall–Kier alpha value is -1.61. The summed E-state index contributed by atoms with van der Waals surface area (Å²) in [6, 6.07) is 9.01. The Bertz CT molecular complexity index is 630. The molecule has 1 fully saturated rings. The van der Waals surface area contributed by atoms with Gasteiger partial charge in [-0.2, -0.15) is 0 Å². The minimum atomic E-state index is 0.743. The summed E-state index contributed by atoms with van der Waals surface area (Å²) in [5.74, 6) is 1.20. The van der Waals surface area contributed by atoms with Gasteiger partial charge in [-0.3, -0.25) is 0 Å². The lowest BCUT2D eigenvalue weighted by Gasteiger charge is -2.30. The predicted molar refractivity (Wildman–Crippen MR) is 94.6 cm³/mol. The molecule has 0 atom stereocenters. The highest BCUT2D eigenvalue weighted by atomic mass is 15.2. The van der Waals surface area contributed by atoms with E-state index in [4.69, 9.17) is 10.7 Å². The molecule has 1 saturated heterocycles. The number of pyridine rings is 1. The minimum Gasteiger partial charge on any atom is -0.356 e. The molecule has 0 amide bonds. The normalized spacial score (nSPS) is 15.5. The third-order valence-corrected chi connectivity index (χ3v) is 4.65. The molecule has 1 aliphatic heterocycles. The number of hydrogen-bond donors (Lipinski definition) is 1. The predicted octanol–water partition coefficient (Wildman–Crippen LogP) is 3.68. The van der Waals surface area contributed by atoms with Gasteiger partial charge in [-0.1, -0.05) is 13.0 Å². The van der Waals surface area contributed by atoms with E-state index in [1.807, 2.05) is 0 Å².